The number of methoxy groups -OCH3 is 2. The Labute approximate surface area is 171 Å². The molecule has 9 heteroatoms. The van der Waals surface area contributed by atoms with Crippen molar-refractivity contribution in [2.24, 2.45) is 5.73 Å². The molecule has 3 aromatic rings. The first-order valence-corrected chi connectivity index (χ1v) is 9.40. The average Bonchev–Trinajstić information content (AvgIpc) is 3.11. The average molecular weight is 412 g/mol. The van der Waals surface area contributed by atoms with Crippen molar-refractivity contribution in [2.45, 2.75) is 6.92 Å². The number of ether oxygens (including phenoxy) is 2. The largest absolute Gasteiger partial charge is 0.493 e. The number of hydrogen-bond donors (Lipinski definition) is 3. The number of amides is 2. The highest BCUT2D eigenvalue weighted by Crippen LogP contribution is 2.32. The second-order valence-electron chi connectivity index (χ2n) is 6.08. The third-order valence-corrected chi connectivity index (χ3v) is 4.92. The normalized spacial score (nSPS) is 10.3. The molecule has 0 aliphatic rings. The van der Waals surface area contributed by atoms with E-state index in [0.717, 1.165) is 22.6 Å². The number of thiazole rings is 1. The predicted molar refractivity (Wildman–Crippen MR) is 113 cm³/mol. The lowest BCUT2D eigenvalue weighted by molar-refractivity contribution is 0.0997. The van der Waals surface area contributed by atoms with Gasteiger partial charge in [-0.15, -0.1) is 0 Å². The molecule has 150 valence electrons. The molecule has 29 heavy (non-hydrogen) atoms. The molecule has 0 saturated heterocycles. The summed E-state index contributed by atoms with van der Waals surface area (Å²) >= 11 is 1.12. The van der Waals surface area contributed by atoms with Crippen molar-refractivity contribution >= 4 is 39.0 Å². The van der Waals surface area contributed by atoms with Gasteiger partial charge in [-0.25, -0.2) is 4.98 Å². The maximum Gasteiger partial charge on any atom is 0.270 e. The quantitative estimate of drug-likeness (QED) is 0.546. The van der Waals surface area contributed by atoms with Gasteiger partial charge in [0.05, 0.1) is 14.2 Å². The highest BCUT2D eigenvalue weighted by atomic mass is 32.1. The molecule has 0 aliphatic carbocycles. The number of aromatic nitrogens is 1. The topological polar surface area (TPSA) is 116 Å². The van der Waals surface area contributed by atoms with Gasteiger partial charge in [0.25, 0.3) is 11.8 Å². The first-order valence-electron chi connectivity index (χ1n) is 8.59. The monoisotopic (exact) mass is 412 g/mol. The number of carbonyl (C=O) groups is 2. The van der Waals surface area contributed by atoms with E-state index in [0.29, 0.717) is 22.2 Å². The molecule has 0 fully saturated rings. The summed E-state index contributed by atoms with van der Waals surface area (Å²) in [4.78, 5) is 28.7. The van der Waals surface area contributed by atoms with Crippen molar-refractivity contribution in [3.8, 4) is 11.5 Å². The van der Waals surface area contributed by atoms with Crippen molar-refractivity contribution < 1.29 is 19.1 Å². The Morgan fingerprint density at radius 1 is 1.03 bits per heavy atom. The first-order chi connectivity index (χ1) is 13.9. The highest BCUT2D eigenvalue weighted by Gasteiger charge is 2.19. The Balaban J connectivity index is 1.84. The van der Waals surface area contributed by atoms with Crippen LogP contribution in [0, 0.1) is 6.92 Å². The standard InChI is InChI=1S/C20H20N4O4S/c1-11-4-7-13(8-5-11)22-20-23-16(17(21)25)19(29-20)24-18(26)12-6-9-14(27-2)15(10-12)28-3/h4-10H,1-3H3,(H2,21,25)(H,22,23)(H,24,26). The Morgan fingerprint density at radius 2 is 1.72 bits per heavy atom. The van der Waals surface area contributed by atoms with Crippen LogP contribution < -0.4 is 25.8 Å². The number of nitrogens with one attached hydrogen (secondary N) is 2. The summed E-state index contributed by atoms with van der Waals surface area (Å²) in [6, 6.07) is 12.4. The number of rotatable bonds is 7. The van der Waals surface area contributed by atoms with Gasteiger partial charge in [-0.1, -0.05) is 29.0 Å². The Morgan fingerprint density at radius 3 is 2.34 bits per heavy atom. The number of anilines is 3. The lowest BCUT2D eigenvalue weighted by Crippen LogP contribution is -2.17. The second kappa shape index (κ2) is 8.61. The zero-order valence-electron chi connectivity index (χ0n) is 16.1. The van der Waals surface area contributed by atoms with Crippen LogP contribution in [0.3, 0.4) is 0 Å². The molecule has 0 unspecified atom stereocenters. The van der Waals surface area contributed by atoms with E-state index in [1.54, 1.807) is 18.2 Å². The van der Waals surface area contributed by atoms with Crippen LogP contribution in [0.1, 0.15) is 26.4 Å². The lowest BCUT2D eigenvalue weighted by atomic mass is 10.2. The minimum Gasteiger partial charge on any atom is -0.493 e. The van der Waals surface area contributed by atoms with Crippen molar-refractivity contribution in [1.29, 1.82) is 0 Å². The van der Waals surface area contributed by atoms with Crippen LogP contribution in [0.5, 0.6) is 11.5 Å². The summed E-state index contributed by atoms with van der Waals surface area (Å²) in [5.41, 5.74) is 7.67. The van der Waals surface area contributed by atoms with E-state index in [9.17, 15) is 9.59 Å². The molecule has 0 atom stereocenters. The second-order valence-corrected chi connectivity index (χ2v) is 7.07. The minimum absolute atomic E-state index is 0.0153. The highest BCUT2D eigenvalue weighted by molar-refractivity contribution is 7.20. The number of benzene rings is 2. The third-order valence-electron chi connectivity index (χ3n) is 4.04. The number of aryl methyl sites for hydroxylation is 1. The van der Waals surface area contributed by atoms with Gasteiger partial charge in [-0.3, -0.25) is 9.59 Å². The number of carbonyl (C=O) groups excluding carboxylic acids is 2. The Bertz CT molecular complexity index is 1050. The molecule has 0 saturated carbocycles. The molecule has 3 rings (SSSR count). The van der Waals surface area contributed by atoms with Gasteiger partial charge in [0.15, 0.2) is 22.3 Å². The zero-order valence-corrected chi connectivity index (χ0v) is 16.9. The van der Waals surface area contributed by atoms with E-state index < -0.39 is 11.8 Å². The van der Waals surface area contributed by atoms with E-state index in [2.05, 4.69) is 15.6 Å². The molecule has 0 spiro atoms. The zero-order chi connectivity index (χ0) is 21.0. The number of nitrogens with zero attached hydrogens (tertiary/aromatic N) is 1. The summed E-state index contributed by atoms with van der Waals surface area (Å²) in [6.45, 7) is 1.99. The number of primary amides is 1. The lowest BCUT2D eigenvalue weighted by Gasteiger charge is -2.09. The molecule has 0 bridgehead atoms. The summed E-state index contributed by atoms with van der Waals surface area (Å²) in [7, 11) is 2.99. The van der Waals surface area contributed by atoms with Gasteiger partial charge < -0.3 is 25.8 Å². The maximum atomic E-state index is 12.7. The summed E-state index contributed by atoms with van der Waals surface area (Å²) in [6.07, 6.45) is 0. The molecule has 2 amide bonds. The van der Waals surface area contributed by atoms with Crippen molar-refractivity contribution in [3.63, 3.8) is 0 Å². The first kappa shape index (κ1) is 20.2. The molecule has 1 aromatic heterocycles. The van der Waals surface area contributed by atoms with E-state index in [-0.39, 0.29) is 10.7 Å². The summed E-state index contributed by atoms with van der Waals surface area (Å²) in [5, 5.41) is 6.49. The van der Waals surface area contributed by atoms with Crippen LogP contribution in [0.2, 0.25) is 0 Å². The Hall–Kier alpha value is -3.59. The van der Waals surface area contributed by atoms with Gasteiger partial charge >= 0.3 is 0 Å². The fraction of sp³-hybridized carbons (Fsp3) is 0.150. The van der Waals surface area contributed by atoms with Crippen LogP contribution in [0.4, 0.5) is 15.8 Å². The van der Waals surface area contributed by atoms with Crippen LogP contribution >= 0.6 is 11.3 Å². The molecule has 4 N–H and O–H groups in total. The van der Waals surface area contributed by atoms with Crippen LogP contribution in [0.25, 0.3) is 0 Å². The number of hydrogen-bond acceptors (Lipinski definition) is 7. The van der Waals surface area contributed by atoms with Crippen LogP contribution in [0.15, 0.2) is 42.5 Å². The van der Waals surface area contributed by atoms with Crippen molar-refractivity contribution in [1.82, 2.24) is 4.98 Å². The SMILES string of the molecule is COc1ccc(C(=O)Nc2sc(Nc3ccc(C)cc3)nc2C(N)=O)cc1OC. The van der Waals surface area contributed by atoms with E-state index in [1.165, 1.54) is 14.2 Å². The van der Waals surface area contributed by atoms with Gasteiger partial charge in [0.1, 0.15) is 5.00 Å². The molecule has 8 nitrogen and oxygen atoms in total. The van der Waals surface area contributed by atoms with Crippen LogP contribution in [-0.2, 0) is 0 Å². The van der Waals surface area contributed by atoms with Crippen molar-refractivity contribution in [2.75, 3.05) is 24.9 Å². The van der Waals surface area contributed by atoms with Gasteiger partial charge in [-0.05, 0) is 37.3 Å². The molecule has 1 heterocycles. The third kappa shape index (κ3) is 4.64. The fourth-order valence-electron chi connectivity index (χ4n) is 2.54. The number of nitrogens with two attached hydrogens (primary N) is 1. The fourth-order valence-corrected chi connectivity index (χ4v) is 3.42. The van der Waals surface area contributed by atoms with Crippen molar-refractivity contribution in [3.05, 3.63) is 59.3 Å². The van der Waals surface area contributed by atoms with E-state index in [1.807, 2.05) is 31.2 Å². The maximum absolute atomic E-state index is 12.7. The molecular weight excluding hydrogens is 392 g/mol. The van der Waals surface area contributed by atoms with E-state index in [4.69, 9.17) is 15.2 Å². The smallest absolute Gasteiger partial charge is 0.270 e. The summed E-state index contributed by atoms with van der Waals surface area (Å²) < 4.78 is 10.4. The minimum atomic E-state index is -0.735. The molecule has 0 aliphatic heterocycles. The van der Waals surface area contributed by atoms with Crippen LogP contribution in [-0.4, -0.2) is 31.0 Å². The molecule has 2 aromatic carbocycles. The molecular formula is C20H20N4O4S. The summed E-state index contributed by atoms with van der Waals surface area (Å²) in [5.74, 6) is -0.245. The Kier molecular flexibility index (Phi) is 5.99. The van der Waals surface area contributed by atoms with E-state index >= 15 is 0 Å². The predicted octanol–water partition coefficient (Wildman–Crippen LogP) is 3.56. The molecule has 0 radical (unpaired) electrons. The van der Waals surface area contributed by atoms with Gasteiger partial charge in [0, 0.05) is 11.3 Å². The van der Waals surface area contributed by atoms with Gasteiger partial charge in [0.2, 0.25) is 0 Å². The van der Waals surface area contributed by atoms with Gasteiger partial charge in [-0.2, -0.15) is 0 Å².